The molecule has 14 heavy (non-hydrogen) atoms. The van der Waals surface area contributed by atoms with Crippen molar-refractivity contribution in [2.24, 2.45) is 0 Å². The molecule has 0 bridgehead atoms. The van der Waals surface area contributed by atoms with Gasteiger partial charge in [0.25, 0.3) is 0 Å². The Kier molecular flexibility index (Phi) is 3.12. The molecule has 1 fully saturated rings. The SMILES string of the molecule is CSC1(C(O)c2ccc(Cl)s2)CCC1. The van der Waals surface area contributed by atoms with Crippen LogP contribution in [0.5, 0.6) is 0 Å². The summed E-state index contributed by atoms with van der Waals surface area (Å²) in [6.07, 6.45) is 5.20. The van der Waals surface area contributed by atoms with Gasteiger partial charge in [0.1, 0.15) is 6.10 Å². The van der Waals surface area contributed by atoms with Crippen LogP contribution in [0.2, 0.25) is 4.34 Å². The van der Waals surface area contributed by atoms with Crippen LogP contribution in [0.1, 0.15) is 30.2 Å². The molecule has 0 aromatic carbocycles. The van der Waals surface area contributed by atoms with Gasteiger partial charge in [0.05, 0.1) is 4.34 Å². The van der Waals surface area contributed by atoms with Crippen molar-refractivity contribution in [2.75, 3.05) is 6.26 Å². The van der Waals surface area contributed by atoms with Gasteiger partial charge in [0.2, 0.25) is 0 Å². The van der Waals surface area contributed by atoms with Crippen molar-refractivity contribution in [2.45, 2.75) is 30.1 Å². The molecule has 2 rings (SSSR count). The minimum atomic E-state index is -0.344. The van der Waals surface area contributed by atoms with Crippen LogP contribution in [0.3, 0.4) is 0 Å². The standard InChI is InChI=1S/C10H13ClOS2/c1-13-10(5-2-6-10)9(12)7-3-4-8(11)14-7/h3-4,9,12H,2,5-6H2,1H3. The third-order valence-corrected chi connectivity index (χ3v) is 5.70. The average molecular weight is 249 g/mol. The highest BCUT2D eigenvalue weighted by Crippen LogP contribution is 2.52. The van der Waals surface area contributed by atoms with Crippen LogP contribution in [0.4, 0.5) is 0 Å². The number of aliphatic hydroxyl groups is 1. The van der Waals surface area contributed by atoms with Crippen molar-refractivity contribution in [3.63, 3.8) is 0 Å². The fourth-order valence-corrected chi connectivity index (χ4v) is 4.14. The lowest BCUT2D eigenvalue weighted by Gasteiger charge is -2.43. The topological polar surface area (TPSA) is 20.2 Å². The molecule has 1 heterocycles. The van der Waals surface area contributed by atoms with E-state index in [-0.39, 0.29) is 10.9 Å². The number of halogens is 1. The molecule has 78 valence electrons. The zero-order chi connectivity index (χ0) is 10.2. The smallest absolute Gasteiger partial charge is 0.103 e. The molecular formula is C10H13ClOS2. The van der Waals surface area contributed by atoms with E-state index in [0.717, 1.165) is 22.1 Å². The normalized spacial score (nSPS) is 21.6. The van der Waals surface area contributed by atoms with E-state index in [2.05, 4.69) is 6.26 Å². The monoisotopic (exact) mass is 248 g/mol. The number of hydrogen-bond donors (Lipinski definition) is 1. The second-order valence-corrected chi connectivity index (χ2v) is 6.63. The highest BCUT2D eigenvalue weighted by molar-refractivity contribution is 8.00. The molecule has 1 aliphatic rings. The minimum Gasteiger partial charge on any atom is -0.386 e. The van der Waals surface area contributed by atoms with Gasteiger partial charge in [0.15, 0.2) is 0 Å². The van der Waals surface area contributed by atoms with Crippen molar-refractivity contribution >= 4 is 34.7 Å². The van der Waals surface area contributed by atoms with E-state index in [4.69, 9.17) is 11.6 Å². The Morgan fingerprint density at radius 2 is 2.29 bits per heavy atom. The maximum absolute atomic E-state index is 10.2. The second kappa shape index (κ2) is 4.05. The number of thiophene rings is 1. The Morgan fingerprint density at radius 3 is 2.64 bits per heavy atom. The summed E-state index contributed by atoms with van der Waals surface area (Å²) in [6.45, 7) is 0. The molecule has 1 aliphatic carbocycles. The Labute approximate surface area is 97.5 Å². The largest absolute Gasteiger partial charge is 0.386 e. The van der Waals surface area contributed by atoms with Crippen LogP contribution in [-0.4, -0.2) is 16.1 Å². The van der Waals surface area contributed by atoms with Gasteiger partial charge in [-0.2, -0.15) is 11.8 Å². The molecular weight excluding hydrogens is 236 g/mol. The maximum atomic E-state index is 10.2. The molecule has 1 saturated carbocycles. The summed E-state index contributed by atoms with van der Waals surface area (Å²) in [5.41, 5.74) is 0. The van der Waals surface area contributed by atoms with E-state index >= 15 is 0 Å². The van der Waals surface area contributed by atoms with Gasteiger partial charge in [-0.15, -0.1) is 11.3 Å². The molecule has 0 radical (unpaired) electrons. The Balaban J connectivity index is 2.18. The predicted octanol–water partition coefficient (Wildman–Crippen LogP) is 3.72. The molecule has 1 atom stereocenters. The van der Waals surface area contributed by atoms with Crippen LogP contribution >= 0.6 is 34.7 Å². The lowest BCUT2D eigenvalue weighted by Crippen LogP contribution is -2.39. The number of hydrogen-bond acceptors (Lipinski definition) is 3. The Bertz CT molecular complexity index is 314. The fraction of sp³-hybridized carbons (Fsp3) is 0.600. The molecule has 0 aliphatic heterocycles. The molecule has 1 nitrogen and oxygen atoms in total. The number of thioether (sulfide) groups is 1. The van der Waals surface area contributed by atoms with E-state index in [0.29, 0.717) is 0 Å². The van der Waals surface area contributed by atoms with Crippen LogP contribution < -0.4 is 0 Å². The van der Waals surface area contributed by atoms with Crippen molar-refractivity contribution in [1.29, 1.82) is 0 Å². The lowest BCUT2D eigenvalue weighted by molar-refractivity contribution is 0.0907. The van der Waals surface area contributed by atoms with E-state index in [1.165, 1.54) is 17.8 Å². The number of aliphatic hydroxyl groups excluding tert-OH is 1. The van der Waals surface area contributed by atoms with Crippen molar-refractivity contribution in [3.8, 4) is 0 Å². The van der Waals surface area contributed by atoms with E-state index in [9.17, 15) is 5.11 Å². The molecule has 4 heteroatoms. The van der Waals surface area contributed by atoms with Gasteiger partial charge in [-0.1, -0.05) is 18.0 Å². The van der Waals surface area contributed by atoms with Gasteiger partial charge >= 0.3 is 0 Å². The second-order valence-electron chi connectivity index (χ2n) is 3.67. The predicted molar refractivity (Wildman–Crippen MR) is 64.4 cm³/mol. The molecule has 1 aromatic heterocycles. The maximum Gasteiger partial charge on any atom is 0.103 e. The first-order chi connectivity index (χ1) is 6.68. The fourth-order valence-electron chi connectivity index (χ4n) is 1.85. The first-order valence-electron chi connectivity index (χ1n) is 4.66. The Morgan fingerprint density at radius 1 is 1.57 bits per heavy atom. The van der Waals surface area contributed by atoms with E-state index in [1.807, 2.05) is 12.1 Å². The van der Waals surface area contributed by atoms with Gasteiger partial charge in [0, 0.05) is 9.62 Å². The first-order valence-corrected chi connectivity index (χ1v) is 7.08. The molecule has 0 saturated heterocycles. The van der Waals surface area contributed by atoms with Gasteiger partial charge in [-0.05, 0) is 31.2 Å². The minimum absolute atomic E-state index is 0.0637. The molecule has 1 N–H and O–H groups in total. The lowest BCUT2D eigenvalue weighted by atomic mass is 9.79. The molecule has 0 spiro atoms. The summed E-state index contributed by atoms with van der Waals surface area (Å²) in [4.78, 5) is 1.00. The average Bonchev–Trinajstić information content (AvgIpc) is 2.50. The highest BCUT2D eigenvalue weighted by atomic mass is 35.5. The molecule has 0 amide bonds. The zero-order valence-corrected chi connectivity index (χ0v) is 10.4. The molecule has 1 aromatic rings. The third kappa shape index (κ3) is 1.71. The van der Waals surface area contributed by atoms with Gasteiger partial charge in [-0.25, -0.2) is 0 Å². The van der Waals surface area contributed by atoms with Crippen LogP contribution in [-0.2, 0) is 0 Å². The molecule has 1 unspecified atom stereocenters. The summed E-state index contributed by atoms with van der Waals surface area (Å²) < 4.78 is 0.823. The van der Waals surface area contributed by atoms with Gasteiger partial charge < -0.3 is 5.11 Å². The summed E-state index contributed by atoms with van der Waals surface area (Å²) in [5.74, 6) is 0. The summed E-state index contributed by atoms with van der Waals surface area (Å²) >= 11 is 9.13. The van der Waals surface area contributed by atoms with Crippen molar-refractivity contribution < 1.29 is 5.11 Å². The van der Waals surface area contributed by atoms with E-state index in [1.54, 1.807) is 11.8 Å². The number of rotatable bonds is 3. The highest BCUT2D eigenvalue weighted by Gasteiger charge is 2.44. The van der Waals surface area contributed by atoms with Crippen LogP contribution in [0.15, 0.2) is 12.1 Å². The third-order valence-electron chi connectivity index (χ3n) is 2.97. The summed E-state index contributed by atoms with van der Waals surface area (Å²) in [6, 6.07) is 3.80. The van der Waals surface area contributed by atoms with Crippen LogP contribution in [0.25, 0.3) is 0 Å². The zero-order valence-electron chi connectivity index (χ0n) is 8.00. The van der Waals surface area contributed by atoms with Crippen LogP contribution in [0, 0.1) is 0 Å². The quantitative estimate of drug-likeness (QED) is 0.880. The summed E-state index contributed by atoms with van der Waals surface area (Å²) in [5, 5.41) is 10.2. The Hall–Kier alpha value is 0.300. The first kappa shape index (κ1) is 10.8. The van der Waals surface area contributed by atoms with Gasteiger partial charge in [-0.3, -0.25) is 0 Å². The van der Waals surface area contributed by atoms with Crippen molar-refractivity contribution in [3.05, 3.63) is 21.3 Å². The van der Waals surface area contributed by atoms with E-state index < -0.39 is 0 Å². The summed E-state index contributed by atoms with van der Waals surface area (Å²) in [7, 11) is 0. The van der Waals surface area contributed by atoms with Crippen molar-refractivity contribution in [1.82, 2.24) is 0 Å².